The van der Waals surface area contributed by atoms with Gasteiger partial charge in [-0.25, -0.2) is 4.79 Å². The monoisotopic (exact) mass is 262 g/mol. The van der Waals surface area contributed by atoms with Crippen molar-refractivity contribution in [1.29, 1.82) is 0 Å². The Morgan fingerprint density at radius 3 is 2.68 bits per heavy atom. The molecule has 106 valence electrons. The number of carbonyl (C=O) groups excluding carboxylic acids is 1. The van der Waals surface area contributed by atoms with Crippen LogP contribution in [0.5, 0.6) is 0 Å². The van der Waals surface area contributed by atoms with Crippen LogP contribution in [-0.4, -0.2) is 23.5 Å². The summed E-state index contributed by atoms with van der Waals surface area (Å²) in [6.45, 7) is 7.94. The minimum absolute atomic E-state index is 0.100. The molecule has 0 aromatic rings. The SMILES string of the molecule is CC1(C)CC2CC(C)(CN2C(=O)N/C=C/C2CC2)C1. The minimum Gasteiger partial charge on any atom is -0.321 e. The molecule has 3 heteroatoms. The summed E-state index contributed by atoms with van der Waals surface area (Å²) in [5.74, 6) is 0.717. The summed E-state index contributed by atoms with van der Waals surface area (Å²) in [6, 6.07) is 0.534. The van der Waals surface area contributed by atoms with E-state index in [1.54, 1.807) is 0 Å². The Morgan fingerprint density at radius 1 is 1.26 bits per heavy atom. The van der Waals surface area contributed by atoms with Crippen LogP contribution in [0.1, 0.15) is 52.9 Å². The normalized spacial score (nSPS) is 36.8. The largest absolute Gasteiger partial charge is 0.321 e. The van der Waals surface area contributed by atoms with Crippen LogP contribution in [0.2, 0.25) is 0 Å². The van der Waals surface area contributed by atoms with Crippen molar-refractivity contribution in [2.24, 2.45) is 16.7 Å². The van der Waals surface area contributed by atoms with Crippen LogP contribution in [0.15, 0.2) is 12.3 Å². The summed E-state index contributed by atoms with van der Waals surface area (Å²) >= 11 is 0. The van der Waals surface area contributed by atoms with E-state index in [1.165, 1.54) is 25.7 Å². The third-order valence-electron chi connectivity index (χ3n) is 4.87. The molecule has 0 radical (unpaired) electrons. The highest BCUT2D eigenvalue weighted by molar-refractivity contribution is 5.76. The van der Waals surface area contributed by atoms with Crippen molar-refractivity contribution >= 4 is 6.03 Å². The number of urea groups is 1. The zero-order chi connectivity index (χ0) is 13.7. The van der Waals surface area contributed by atoms with Gasteiger partial charge in [0.2, 0.25) is 0 Å². The van der Waals surface area contributed by atoms with Gasteiger partial charge < -0.3 is 10.2 Å². The lowest BCUT2D eigenvalue weighted by Gasteiger charge is -2.39. The number of hydrogen-bond donors (Lipinski definition) is 1. The maximum absolute atomic E-state index is 12.3. The van der Waals surface area contributed by atoms with E-state index in [0.717, 1.165) is 18.9 Å². The molecule has 1 aliphatic heterocycles. The molecule has 1 N–H and O–H groups in total. The van der Waals surface area contributed by atoms with Crippen molar-refractivity contribution in [3.63, 3.8) is 0 Å². The molecule has 0 aromatic heterocycles. The van der Waals surface area contributed by atoms with Crippen molar-refractivity contribution in [2.45, 2.75) is 58.9 Å². The first-order chi connectivity index (χ1) is 8.87. The Hall–Kier alpha value is -0.990. The molecule has 2 bridgehead atoms. The maximum atomic E-state index is 12.3. The van der Waals surface area contributed by atoms with Crippen LogP contribution in [0, 0.1) is 16.7 Å². The molecule has 1 heterocycles. The molecule has 2 amide bonds. The van der Waals surface area contributed by atoms with Gasteiger partial charge in [-0.3, -0.25) is 0 Å². The number of carbonyl (C=O) groups is 1. The Kier molecular flexibility index (Phi) is 2.91. The minimum atomic E-state index is 0.100. The smallest absolute Gasteiger partial charge is 0.321 e. The van der Waals surface area contributed by atoms with Crippen molar-refractivity contribution in [1.82, 2.24) is 10.2 Å². The van der Waals surface area contributed by atoms with Gasteiger partial charge in [0.15, 0.2) is 0 Å². The standard InChI is InChI=1S/C16H26N2O/c1-15(2)8-13-9-16(3,10-15)11-18(13)14(19)17-7-6-12-4-5-12/h6-7,12-13H,4-5,8-11H2,1-3H3,(H,17,19)/b7-6+. The molecule has 3 nitrogen and oxygen atoms in total. The van der Waals surface area contributed by atoms with Crippen LogP contribution < -0.4 is 5.32 Å². The number of nitrogens with zero attached hydrogens (tertiary/aromatic N) is 1. The average molecular weight is 262 g/mol. The Balaban J connectivity index is 1.63. The van der Waals surface area contributed by atoms with Gasteiger partial charge in [-0.05, 0) is 48.9 Å². The first-order valence-electron chi connectivity index (χ1n) is 7.61. The molecular formula is C16H26N2O. The fourth-order valence-electron chi connectivity index (χ4n) is 4.32. The zero-order valence-electron chi connectivity index (χ0n) is 12.4. The lowest BCUT2D eigenvalue weighted by Crippen LogP contribution is -2.41. The van der Waals surface area contributed by atoms with Crippen LogP contribution in [0.3, 0.4) is 0 Å². The van der Waals surface area contributed by atoms with Crippen molar-refractivity contribution < 1.29 is 4.79 Å². The summed E-state index contributed by atoms with van der Waals surface area (Å²) in [5.41, 5.74) is 0.695. The van der Waals surface area contributed by atoms with Crippen LogP contribution >= 0.6 is 0 Å². The fourth-order valence-corrected chi connectivity index (χ4v) is 4.32. The molecule has 19 heavy (non-hydrogen) atoms. The molecule has 0 aromatic carbocycles. The number of amides is 2. The fraction of sp³-hybridized carbons (Fsp3) is 0.812. The number of nitrogens with one attached hydrogen (secondary N) is 1. The molecule has 3 aliphatic rings. The summed E-state index contributed by atoms with van der Waals surface area (Å²) in [4.78, 5) is 14.4. The summed E-state index contributed by atoms with van der Waals surface area (Å²) in [5, 5.41) is 2.96. The van der Waals surface area contributed by atoms with Gasteiger partial charge in [0.1, 0.15) is 0 Å². The summed E-state index contributed by atoms with van der Waals surface area (Å²) in [7, 11) is 0. The third kappa shape index (κ3) is 2.80. The number of fused-ring (bicyclic) bond motifs is 2. The van der Waals surface area contributed by atoms with Gasteiger partial charge in [-0.2, -0.15) is 0 Å². The molecule has 1 saturated heterocycles. The predicted molar refractivity (Wildman–Crippen MR) is 76.6 cm³/mol. The number of allylic oxidation sites excluding steroid dienone is 1. The molecule has 2 aliphatic carbocycles. The molecule has 2 saturated carbocycles. The maximum Gasteiger partial charge on any atom is 0.321 e. The molecular weight excluding hydrogens is 236 g/mol. The second-order valence-electron chi connectivity index (χ2n) is 7.99. The van der Waals surface area contributed by atoms with Gasteiger partial charge in [0.05, 0.1) is 0 Å². The number of rotatable bonds is 2. The number of hydrogen-bond acceptors (Lipinski definition) is 1. The van der Waals surface area contributed by atoms with E-state index in [0.29, 0.717) is 16.9 Å². The van der Waals surface area contributed by atoms with Gasteiger partial charge >= 0.3 is 6.03 Å². The second-order valence-corrected chi connectivity index (χ2v) is 7.99. The Bertz CT molecular complexity index is 411. The summed E-state index contributed by atoms with van der Waals surface area (Å²) in [6.07, 6.45) is 10.1. The topological polar surface area (TPSA) is 32.3 Å². The van der Waals surface area contributed by atoms with Crippen molar-refractivity contribution in [2.75, 3.05) is 6.54 Å². The Labute approximate surface area is 116 Å². The summed E-state index contributed by atoms with van der Waals surface area (Å²) < 4.78 is 0. The van der Waals surface area contributed by atoms with Crippen molar-refractivity contribution in [3.05, 3.63) is 12.3 Å². The average Bonchev–Trinajstić information content (AvgIpc) is 3.03. The first-order valence-corrected chi connectivity index (χ1v) is 7.61. The lowest BCUT2D eigenvalue weighted by molar-refractivity contribution is 0.129. The van der Waals surface area contributed by atoms with E-state index in [2.05, 4.69) is 37.1 Å². The molecule has 3 rings (SSSR count). The van der Waals surface area contributed by atoms with Gasteiger partial charge in [-0.1, -0.05) is 26.8 Å². The van der Waals surface area contributed by atoms with E-state index in [-0.39, 0.29) is 6.03 Å². The predicted octanol–water partition coefficient (Wildman–Crippen LogP) is 3.52. The quantitative estimate of drug-likeness (QED) is 0.811. The van der Waals surface area contributed by atoms with Crippen LogP contribution in [-0.2, 0) is 0 Å². The zero-order valence-corrected chi connectivity index (χ0v) is 12.4. The van der Waals surface area contributed by atoms with Crippen molar-refractivity contribution in [3.8, 4) is 0 Å². The highest BCUT2D eigenvalue weighted by Crippen LogP contribution is 2.52. The molecule has 0 spiro atoms. The highest BCUT2D eigenvalue weighted by Gasteiger charge is 2.50. The molecule has 2 atom stereocenters. The number of likely N-dealkylation sites (tertiary alicyclic amines) is 1. The van der Waals surface area contributed by atoms with E-state index in [1.807, 2.05) is 6.20 Å². The van der Waals surface area contributed by atoms with Crippen LogP contribution in [0.25, 0.3) is 0 Å². The van der Waals surface area contributed by atoms with Gasteiger partial charge in [0, 0.05) is 18.8 Å². The van der Waals surface area contributed by atoms with E-state index < -0.39 is 0 Å². The first kappa shape index (κ1) is 13.0. The highest BCUT2D eigenvalue weighted by atomic mass is 16.2. The van der Waals surface area contributed by atoms with Crippen LogP contribution in [0.4, 0.5) is 4.79 Å². The van der Waals surface area contributed by atoms with Gasteiger partial charge in [0.25, 0.3) is 0 Å². The van der Waals surface area contributed by atoms with E-state index >= 15 is 0 Å². The van der Waals surface area contributed by atoms with Gasteiger partial charge in [-0.15, -0.1) is 0 Å². The van der Waals surface area contributed by atoms with E-state index in [4.69, 9.17) is 0 Å². The van der Waals surface area contributed by atoms with E-state index in [9.17, 15) is 4.79 Å². The second kappa shape index (κ2) is 4.26. The lowest BCUT2D eigenvalue weighted by atomic mass is 9.65. The third-order valence-corrected chi connectivity index (χ3v) is 4.87. The molecule has 2 unspecified atom stereocenters. The molecule has 3 fully saturated rings. The Morgan fingerprint density at radius 2 is 2.00 bits per heavy atom.